The van der Waals surface area contributed by atoms with Crippen molar-refractivity contribution in [2.45, 2.75) is 20.4 Å². The highest BCUT2D eigenvalue weighted by molar-refractivity contribution is 7.17. The van der Waals surface area contributed by atoms with Crippen LogP contribution in [0.25, 0.3) is 21.3 Å². The number of benzene rings is 2. The van der Waals surface area contributed by atoms with Crippen molar-refractivity contribution in [3.05, 3.63) is 80.4 Å². The Morgan fingerprint density at radius 1 is 1.20 bits per heavy atom. The molecule has 0 fully saturated rings. The highest BCUT2D eigenvalue weighted by atomic mass is 35.5. The molecule has 8 heteroatoms. The van der Waals surface area contributed by atoms with Crippen LogP contribution >= 0.6 is 22.9 Å². The number of halogens is 2. The summed E-state index contributed by atoms with van der Waals surface area (Å²) < 4.78 is 14.6. The molecular formula is C22H17ClFN3O2S. The van der Waals surface area contributed by atoms with Crippen molar-refractivity contribution in [2.24, 2.45) is 0 Å². The Morgan fingerprint density at radius 3 is 2.73 bits per heavy atom. The molecule has 0 saturated carbocycles. The molecular weight excluding hydrogens is 425 g/mol. The van der Waals surface area contributed by atoms with E-state index in [1.165, 1.54) is 40.4 Å². The fourth-order valence-corrected chi connectivity index (χ4v) is 4.40. The molecule has 4 aromatic rings. The molecule has 0 atom stereocenters. The zero-order valence-electron chi connectivity index (χ0n) is 16.2. The third kappa shape index (κ3) is 3.86. The number of fused-ring (bicyclic) bond motifs is 1. The number of aromatic nitrogens is 2. The van der Waals surface area contributed by atoms with E-state index in [-0.39, 0.29) is 17.1 Å². The Morgan fingerprint density at radius 2 is 2.00 bits per heavy atom. The second-order valence-electron chi connectivity index (χ2n) is 7.00. The summed E-state index contributed by atoms with van der Waals surface area (Å²) in [5, 5.41) is 4.93. The molecule has 1 N–H and O–H groups in total. The van der Waals surface area contributed by atoms with E-state index in [1.807, 2.05) is 31.4 Å². The molecule has 2 heterocycles. The quantitative estimate of drug-likeness (QED) is 0.475. The lowest BCUT2D eigenvalue weighted by Crippen LogP contribution is -2.27. The van der Waals surface area contributed by atoms with Crippen molar-refractivity contribution in [1.29, 1.82) is 0 Å². The van der Waals surface area contributed by atoms with Crippen molar-refractivity contribution in [1.82, 2.24) is 9.55 Å². The van der Waals surface area contributed by atoms with Crippen LogP contribution in [0.15, 0.2) is 52.9 Å². The summed E-state index contributed by atoms with van der Waals surface area (Å²) in [5.41, 5.74) is 4.04. The van der Waals surface area contributed by atoms with Gasteiger partial charge >= 0.3 is 0 Å². The number of hydrogen-bond acceptors (Lipinski definition) is 4. The van der Waals surface area contributed by atoms with E-state index in [1.54, 1.807) is 0 Å². The van der Waals surface area contributed by atoms with E-state index < -0.39 is 11.7 Å². The van der Waals surface area contributed by atoms with Crippen molar-refractivity contribution >= 4 is 44.7 Å². The molecule has 30 heavy (non-hydrogen) atoms. The monoisotopic (exact) mass is 441 g/mol. The first kappa shape index (κ1) is 20.3. The smallest absolute Gasteiger partial charge is 0.263 e. The third-order valence-corrected chi connectivity index (χ3v) is 5.93. The van der Waals surface area contributed by atoms with E-state index in [2.05, 4.69) is 16.4 Å². The average Bonchev–Trinajstić information content (AvgIpc) is 3.11. The van der Waals surface area contributed by atoms with Gasteiger partial charge in [0.15, 0.2) is 0 Å². The van der Waals surface area contributed by atoms with E-state index in [4.69, 9.17) is 11.6 Å². The van der Waals surface area contributed by atoms with Crippen molar-refractivity contribution < 1.29 is 9.18 Å². The van der Waals surface area contributed by atoms with Crippen molar-refractivity contribution in [3.63, 3.8) is 0 Å². The maximum Gasteiger partial charge on any atom is 0.263 e. The summed E-state index contributed by atoms with van der Waals surface area (Å²) in [6.45, 7) is 3.80. The third-order valence-electron chi connectivity index (χ3n) is 4.75. The van der Waals surface area contributed by atoms with E-state index >= 15 is 0 Å². The number of anilines is 1. The number of amides is 1. The number of thiophene rings is 1. The fourth-order valence-electron chi connectivity index (χ4n) is 3.32. The van der Waals surface area contributed by atoms with Gasteiger partial charge in [-0.2, -0.15) is 0 Å². The Kier molecular flexibility index (Phi) is 5.40. The lowest BCUT2D eigenvalue weighted by Gasteiger charge is -2.09. The molecule has 2 aromatic carbocycles. The molecule has 4 rings (SSSR count). The Bertz CT molecular complexity index is 1350. The SMILES string of the molecule is Cc1ccc(-c2csc3ncn(CC(=O)Nc4ccc(F)c(Cl)c4)c(=O)c23)c(C)c1. The summed E-state index contributed by atoms with van der Waals surface area (Å²) in [4.78, 5) is 30.5. The second kappa shape index (κ2) is 8.01. The Labute approximate surface area is 180 Å². The number of carbonyl (C=O) groups excluding carboxylic acids is 1. The summed E-state index contributed by atoms with van der Waals surface area (Å²) in [5.74, 6) is -1.01. The molecule has 0 aliphatic rings. The summed E-state index contributed by atoms with van der Waals surface area (Å²) in [7, 11) is 0. The van der Waals surface area contributed by atoms with Gasteiger partial charge in [0.2, 0.25) is 5.91 Å². The van der Waals surface area contributed by atoms with Gasteiger partial charge < -0.3 is 5.32 Å². The van der Waals surface area contributed by atoms with Gasteiger partial charge in [-0.05, 0) is 43.2 Å². The Balaban J connectivity index is 1.67. The van der Waals surface area contributed by atoms with Crippen LogP contribution in [0.5, 0.6) is 0 Å². The molecule has 152 valence electrons. The molecule has 0 aliphatic carbocycles. The van der Waals surface area contributed by atoms with Gasteiger partial charge in [-0.25, -0.2) is 9.37 Å². The highest BCUT2D eigenvalue weighted by Crippen LogP contribution is 2.33. The van der Waals surface area contributed by atoms with Crippen LogP contribution in [0.2, 0.25) is 5.02 Å². The van der Waals surface area contributed by atoms with E-state index in [0.717, 1.165) is 22.3 Å². The Hall–Kier alpha value is -3.03. The van der Waals surface area contributed by atoms with Crippen molar-refractivity contribution in [3.8, 4) is 11.1 Å². The van der Waals surface area contributed by atoms with Gasteiger partial charge in [0, 0.05) is 16.6 Å². The van der Waals surface area contributed by atoms with Gasteiger partial charge in [-0.1, -0.05) is 35.4 Å². The molecule has 0 saturated heterocycles. The molecule has 0 radical (unpaired) electrons. The molecule has 2 aromatic heterocycles. The number of rotatable bonds is 4. The number of nitrogens with zero attached hydrogens (tertiary/aromatic N) is 2. The maximum atomic E-state index is 13.3. The highest BCUT2D eigenvalue weighted by Gasteiger charge is 2.16. The first-order chi connectivity index (χ1) is 14.3. The maximum absolute atomic E-state index is 13.3. The second-order valence-corrected chi connectivity index (χ2v) is 8.27. The fraction of sp³-hybridized carbons (Fsp3) is 0.136. The number of carbonyl (C=O) groups is 1. The molecule has 5 nitrogen and oxygen atoms in total. The number of aryl methyl sites for hydroxylation is 2. The van der Waals surface area contributed by atoms with E-state index in [9.17, 15) is 14.0 Å². The minimum atomic E-state index is -0.572. The van der Waals surface area contributed by atoms with Crippen molar-refractivity contribution in [2.75, 3.05) is 5.32 Å². The molecule has 0 bridgehead atoms. The van der Waals surface area contributed by atoms with Crippen LogP contribution in [0.4, 0.5) is 10.1 Å². The standard InChI is InChI=1S/C22H17ClFN3O2S/c1-12-3-5-15(13(2)7-12)16-10-30-21-20(16)22(29)27(11-25-21)9-19(28)26-14-4-6-18(24)17(23)8-14/h3-8,10-11H,9H2,1-2H3,(H,26,28). The van der Waals surface area contributed by atoms with Crippen LogP contribution in [0.3, 0.4) is 0 Å². The number of hydrogen-bond donors (Lipinski definition) is 1. The first-order valence-electron chi connectivity index (χ1n) is 9.12. The lowest BCUT2D eigenvalue weighted by atomic mass is 9.99. The van der Waals surface area contributed by atoms with Crippen LogP contribution in [-0.4, -0.2) is 15.5 Å². The predicted octanol–water partition coefficient (Wildman–Crippen LogP) is 5.17. The average molecular weight is 442 g/mol. The molecule has 1 amide bonds. The minimum Gasteiger partial charge on any atom is -0.324 e. The summed E-state index contributed by atoms with van der Waals surface area (Å²) in [6.07, 6.45) is 1.37. The van der Waals surface area contributed by atoms with Crippen LogP contribution in [-0.2, 0) is 11.3 Å². The molecule has 0 unspecified atom stereocenters. The minimum absolute atomic E-state index is 0.0931. The first-order valence-corrected chi connectivity index (χ1v) is 10.4. The van der Waals surface area contributed by atoms with Crippen LogP contribution < -0.4 is 10.9 Å². The normalized spacial score (nSPS) is 11.1. The summed E-state index contributed by atoms with van der Waals surface area (Å²) in [6, 6.07) is 9.95. The van der Waals surface area contributed by atoms with Gasteiger partial charge in [0.25, 0.3) is 5.56 Å². The van der Waals surface area contributed by atoms with Gasteiger partial charge in [-0.3, -0.25) is 14.2 Å². The lowest BCUT2D eigenvalue weighted by molar-refractivity contribution is -0.116. The van der Waals surface area contributed by atoms with Crippen LogP contribution in [0, 0.1) is 19.7 Å². The summed E-state index contributed by atoms with van der Waals surface area (Å²) >= 11 is 7.14. The van der Waals surface area contributed by atoms with Gasteiger partial charge in [0.1, 0.15) is 17.2 Å². The predicted molar refractivity (Wildman–Crippen MR) is 119 cm³/mol. The number of nitrogens with one attached hydrogen (secondary N) is 1. The van der Waals surface area contributed by atoms with Gasteiger partial charge in [-0.15, -0.1) is 11.3 Å². The zero-order chi connectivity index (χ0) is 21.4. The topological polar surface area (TPSA) is 64.0 Å². The van der Waals surface area contributed by atoms with Crippen LogP contribution in [0.1, 0.15) is 11.1 Å². The van der Waals surface area contributed by atoms with E-state index in [0.29, 0.717) is 15.9 Å². The molecule has 0 spiro atoms. The van der Waals surface area contributed by atoms with Gasteiger partial charge in [0.05, 0.1) is 16.7 Å². The largest absolute Gasteiger partial charge is 0.324 e. The molecule has 0 aliphatic heterocycles. The zero-order valence-corrected chi connectivity index (χ0v) is 17.8.